The smallest absolute Gasteiger partial charge is 0.127 e. The topological polar surface area (TPSA) is 65.2 Å². The maximum absolute atomic E-state index is 10.9. The van der Waals surface area contributed by atoms with Crippen LogP contribution >= 0.6 is 0 Å². The van der Waals surface area contributed by atoms with Crippen molar-refractivity contribution in [3.8, 4) is 11.5 Å². The molecule has 0 fully saturated rings. The molecule has 4 rings (SSSR count). The van der Waals surface area contributed by atoms with Gasteiger partial charge >= 0.3 is 0 Å². The van der Waals surface area contributed by atoms with E-state index in [1.807, 2.05) is 50.2 Å². The Morgan fingerprint density at radius 1 is 0.632 bits per heavy atom. The number of aliphatic imine (C=N–C) groups is 2. The Morgan fingerprint density at radius 3 is 1.37 bits per heavy atom. The van der Waals surface area contributed by atoms with E-state index >= 15 is 0 Å². The minimum absolute atomic E-state index is 0.272. The molecule has 38 heavy (non-hydrogen) atoms. The van der Waals surface area contributed by atoms with Gasteiger partial charge in [0.1, 0.15) is 11.5 Å². The van der Waals surface area contributed by atoms with Crippen LogP contribution in [0.3, 0.4) is 0 Å². The summed E-state index contributed by atoms with van der Waals surface area (Å²) in [5, 5.41) is 23.9. The molecule has 0 aromatic heterocycles. The fraction of sp³-hybridized carbons (Fsp3) is 0.294. The van der Waals surface area contributed by atoms with Crippen LogP contribution in [-0.4, -0.2) is 22.6 Å². The lowest BCUT2D eigenvalue weighted by Gasteiger charge is -2.13. The number of benzene rings is 4. The van der Waals surface area contributed by atoms with E-state index in [1.54, 1.807) is 12.4 Å². The highest BCUT2D eigenvalue weighted by Crippen LogP contribution is 2.35. The largest absolute Gasteiger partial charge is 0.507 e. The Kier molecular flexibility index (Phi) is 8.31. The zero-order chi connectivity index (χ0) is 27.4. The predicted molar refractivity (Wildman–Crippen MR) is 162 cm³/mol. The first-order valence-electron chi connectivity index (χ1n) is 13.5. The molecular formula is C34H38N2O2. The monoisotopic (exact) mass is 506 g/mol. The van der Waals surface area contributed by atoms with Crippen LogP contribution in [0.1, 0.15) is 86.8 Å². The van der Waals surface area contributed by atoms with E-state index in [-0.39, 0.29) is 11.5 Å². The van der Waals surface area contributed by atoms with Crippen molar-refractivity contribution in [2.75, 3.05) is 0 Å². The summed E-state index contributed by atoms with van der Waals surface area (Å²) in [4.78, 5) is 9.63. The van der Waals surface area contributed by atoms with E-state index in [2.05, 4.69) is 52.0 Å². The van der Waals surface area contributed by atoms with Crippen molar-refractivity contribution in [3.63, 3.8) is 0 Å². The number of aromatic hydroxyl groups is 2. The lowest BCUT2D eigenvalue weighted by atomic mass is 9.96. The highest BCUT2D eigenvalue weighted by atomic mass is 16.3. The molecule has 0 aliphatic rings. The van der Waals surface area contributed by atoms with Crippen LogP contribution in [-0.2, 0) is 12.8 Å². The third-order valence-electron chi connectivity index (χ3n) is 7.10. The van der Waals surface area contributed by atoms with Crippen molar-refractivity contribution >= 4 is 34.6 Å². The minimum atomic E-state index is 0.272. The number of rotatable bonds is 8. The summed E-state index contributed by atoms with van der Waals surface area (Å²) in [5.74, 6) is 1.23. The quantitative estimate of drug-likeness (QED) is 0.234. The van der Waals surface area contributed by atoms with Gasteiger partial charge in [-0.2, -0.15) is 0 Å². The molecule has 0 aliphatic carbocycles. The van der Waals surface area contributed by atoms with Gasteiger partial charge in [-0.1, -0.05) is 77.9 Å². The molecule has 196 valence electrons. The van der Waals surface area contributed by atoms with Gasteiger partial charge in [-0.25, -0.2) is 0 Å². The molecule has 4 aromatic carbocycles. The van der Waals surface area contributed by atoms with E-state index in [9.17, 15) is 10.2 Å². The second kappa shape index (κ2) is 11.6. The van der Waals surface area contributed by atoms with E-state index in [4.69, 9.17) is 9.98 Å². The molecule has 2 N–H and O–H groups in total. The zero-order valence-corrected chi connectivity index (χ0v) is 23.3. The van der Waals surface area contributed by atoms with Crippen LogP contribution < -0.4 is 0 Å². The van der Waals surface area contributed by atoms with Crippen LogP contribution in [0.2, 0.25) is 0 Å². The molecule has 4 nitrogen and oxygen atoms in total. The number of phenolic OH excluding ortho intramolecular Hbond substituents is 2. The van der Waals surface area contributed by atoms with Gasteiger partial charge in [0.2, 0.25) is 0 Å². The summed E-state index contributed by atoms with van der Waals surface area (Å²) in [5.41, 5.74) is 6.97. The van der Waals surface area contributed by atoms with Gasteiger partial charge in [-0.15, -0.1) is 0 Å². The van der Waals surface area contributed by atoms with E-state index in [0.29, 0.717) is 34.3 Å². The molecule has 0 saturated carbocycles. The molecule has 0 radical (unpaired) electrons. The molecule has 0 unspecified atom stereocenters. The first-order chi connectivity index (χ1) is 18.2. The van der Waals surface area contributed by atoms with E-state index in [1.165, 1.54) is 11.1 Å². The van der Waals surface area contributed by atoms with Gasteiger partial charge in [-0.05, 0) is 82.0 Å². The second-order valence-electron chi connectivity index (χ2n) is 10.5. The lowest BCUT2D eigenvalue weighted by molar-refractivity contribution is 0.467. The molecule has 0 heterocycles. The summed E-state index contributed by atoms with van der Waals surface area (Å²) in [7, 11) is 0. The molecule has 0 bridgehead atoms. The van der Waals surface area contributed by atoms with Crippen molar-refractivity contribution < 1.29 is 10.2 Å². The van der Waals surface area contributed by atoms with Crippen LogP contribution in [0.25, 0.3) is 10.8 Å². The maximum atomic E-state index is 10.9. The molecule has 4 aromatic rings. The van der Waals surface area contributed by atoms with Gasteiger partial charge < -0.3 is 10.2 Å². The maximum Gasteiger partial charge on any atom is 0.127 e. The molecule has 0 atom stereocenters. The molecule has 0 aliphatic heterocycles. The van der Waals surface area contributed by atoms with Crippen molar-refractivity contribution in [2.45, 2.75) is 66.2 Å². The number of fused-ring (bicyclic) bond motifs is 1. The Bertz CT molecular complexity index is 1400. The summed E-state index contributed by atoms with van der Waals surface area (Å²) >= 11 is 0. The fourth-order valence-electron chi connectivity index (χ4n) is 4.59. The molecule has 0 amide bonds. The average Bonchev–Trinajstić information content (AvgIpc) is 2.91. The van der Waals surface area contributed by atoms with E-state index in [0.717, 1.165) is 34.7 Å². The van der Waals surface area contributed by atoms with Gasteiger partial charge in [0.25, 0.3) is 0 Å². The van der Waals surface area contributed by atoms with Crippen molar-refractivity contribution in [2.24, 2.45) is 9.98 Å². The number of hydrogen-bond donors (Lipinski definition) is 2. The van der Waals surface area contributed by atoms with Gasteiger partial charge in [0, 0.05) is 23.6 Å². The first-order valence-corrected chi connectivity index (χ1v) is 13.5. The van der Waals surface area contributed by atoms with Crippen LogP contribution in [0, 0.1) is 0 Å². The number of hydrogen-bond acceptors (Lipinski definition) is 4. The Balaban J connectivity index is 1.82. The molecule has 4 heteroatoms. The Labute approximate surface area is 226 Å². The number of nitrogens with zero attached hydrogens (tertiary/aromatic N) is 2. The van der Waals surface area contributed by atoms with Gasteiger partial charge in [-0.3, -0.25) is 9.98 Å². The third kappa shape index (κ3) is 5.80. The standard InChI is InChI=1S/C34H38N2O2/c1-7-23-13-27(21(3)4)15-29(33(23)37)19-35-31-17-25-11-9-10-12-26(25)18-32(31)36-20-30-16-28(22(5)6)14-24(8-2)34(30)38/h9-22,37-38H,7-8H2,1-6H3. The third-order valence-corrected chi connectivity index (χ3v) is 7.10. The summed E-state index contributed by atoms with van der Waals surface area (Å²) in [6, 6.07) is 20.3. The van der Waals surface area contributed by atoms with Gasteiger partial charge in [0.05, 0.1) is 11.4 Å². The van der Waals surface area contributed by atoms with Gasteiger partial charge in [0.15, 0.2) is 0 Å². The highest BCUT2D eigenvalue weighted by Gasteiger charge is 2.12. The van der Waals surface area contributed by atoms with Crippen molar-refractivity contribution in [1.82, 2.24) is 0 Å². The van der Waals surface area contributed by atoms with E-state index < -0.39 is 0 Å². The molecule has 0 saturated heterocycles. The summed E-state index contributed by atoms with van der Waals surface area (Å²) in [6.07, 6.45) is 4.96. The lowest BCUT2D eigenvalue weighted by Crippen LogP contribution is -1.96. The Morgan fingerprint density at radius 2 is 1.03 bits per heavy atom. The summed E-state index contributed by atoms with van der Waals surface area (Å²) < 4.78 is 0. The average molecular weight is 507 g/mol. The number of aryl methyl sites for hydroxylation is 2. The van der Waals surface area contributed by atoms with Crippen molar-refractivity contribution in [1.29, 1.82) is 0 Å². The van der Waals surface area contributed by atoms with Crippen molar-refractivity contribution in [3.05, 3.63) is 94.0 Å². The molecule has 0 spiro atoms. The fourth-order valence-corrected chi connectivity index (χ4v) is 4.59. The van der Waals surface area contributed by atoms with Crippen LogP contribution in [0.5, 0.6) is 11.5 Å². The second-order valence-corrected chi connectivity index (χ2v) is 10.5. The Hall–Kier alpha value is -3.92. The first kappa shape index (κ1) is 27.1. The summed E-state index contributed by atoms with van der Waals surface area (Å²) in [6.45, 7) is 12.7. The highest BCUT2D eigenvalue weighted by molar-refractivity contribution is 5.96. The minimum Gasteiger partial charge on any atom is -0.507 e. The normalized spacial score (nSPS) is 12.1. The van der Waals surface area contributed by atoms with Crippen LogP contribution in [0.4, 0.5) is 11.4 Å². The molecular weight excluding hydrogens is 468 g/mol. The predicted octanol–water partition coefficient (Wildman–Crippen LogP) is 9.12. The SMILES string of the molecule is CCc1cc(C(C)C)cc(C=Nc2cc3ccccc3cc2N=Cc2cc(C(C)C)cc(CC)c2O)c1O. The zero-order valence-electron chi connectivity index (χ0n) is 23.3. The van der Waals surface area contributed by atoms with Crippen LogP contribution in [0.15, 0.2) is 70.6 Å². The number of phenols is 2.